The molecule has 0 saturated carbocycles. The molecule has 3 aromatic heterocycles. The fraction of sp³-hybridized carbons (Fsp3) is 0.273. The van der Waals surface area contributed by atoms with Crippen molar-refractivity contribution in [2.75, 3.05) is 0 Å². The highest BCUT2D eigenvalue weighted by molar-refractivity contribution is 7.41. The van der Waals surface area contributed by atoms with Gasteiger partial charge in [-0.25, -0.2) is 0 Å². The monoisotopic (exact) mass is 668 g/mol. The lowest BCUT2D eigenvalue weighted by atomic mass is 9.86. The van der Waals surface area contributed by atoms with Crippen molar-refractivity contribution in [3.63, 3.8) is 0 Å². The Bertz CT molecular complexity index is 1980. The van der Waals surface area contributed by atoms with E-state index in [1.54, 1.807) is 0 Å². The standard InChI is InChI=1S/C44H44S3/c1-25(2)31-21-15-22-32(26(3)4)37(31)39-35(29-17-11-9-12-18-29)41-43(45-39)44-42(47-41)36(30-19-13-10-14-20-30)40(46-44)38-33(27(5)6)23-16-24-34(38)28(7)8/h9-28H,1-8H3. The summed E-state index contributed by atoms with van der Waals surface area (Å²) in [5.74, 6) is 1.75. The van der Waals surface area contributed by atoms with E-state index in [0.717, 1.165) is 0 Å². The van der Waals surface area contributed by atoms with Crippen LogP contribution in [0.2, 0.25) is 0 Å². The lowest BCUT2D eigenvalue weighted by Crippen LogP contribution is -1.99. The first-order valence-corrected chi connectivity index (χ1v) is 19.5. The van der Waals surface area contributed by atoms with Gasteiger partial charge in [0.25, 0.3) is 0 Å². The second-order valence-electron chi connectivity index (χ2n) is 14.0. The van der Waals surface area contributed by atoms with Crippen LogP contribution in [0.1, 0.15) is 101 Å². The number of rotatable bonds is 8. The molecule has 47 heavy (non-hydrogen) atoms. The number of hydrogen-bond donors (Lipinski definition) is 0. The fourth-order valence-electron chi connectivity index (χ4n) is 7.14. The average Bonchev–Trinajstić information content (AvgIpc) is 3.72. The van der Waals surface area contributed by atoms with Crippen molar-refractivity contribution in [1.82, 2.24) is 0 Å². The predicted molar refractivity (Wildman–Crippen MR) is 213 cm³/mol. The minimum absolute atomic E-state index is 0.437. The molecule has 0 N–H and O–H groups in total. The van der Waals surface area contributed by atoms with Crippen LogP contribution in [-0.2, 0) is 0 Å². The smallest absolute Gasteiger partial charge is 0.0642 e. The molecular weight excluding hydrogens is 625 g/mol. The van der Waals surface area contributed by atoms with Crippen LogP contribution in [0.15, 0.2) is 97.1 Å². The van der Waals surface area contributed by atoms with Crippen molar-refractivity contribution in [2.45, 2.75) is 79.1 Å². The maximum atomic E-state index is 2.36. The Balaban J connectivity index is 1.63. The van der Waals surface area contributed by atoms with E-state index < -0.39 is 0 Å². The van der Waals surface area contributed by atoms with Crippen LogP contribution in [0.25, 0.3) is 61.9 Å². The summed E-state index contributed by atoms with van der Waals surface area (Å²) in [7, 11) is 0. The zero-order valence-electron chi connectivity index (χ0n) is 28.8. The van der Waals surface area contributed by atoms with Gasteiger partial charge in [0.15, 0.2) is 0 Å². The first-order valence-electron chi connectivity index (χ1n) is 17.1. The molecular formula is C44H44S3. The molecule has 0 spiro atoms. The van der Waals surface area contributed by atoms with Gasteiger partial charge in [-0.3, -0.25) is 0 Å². The zero-order chi connectivity index (χ0) is 33.0. The summed E-state index contributed by atoms with van der Waals surface area (Å²) in [5.41, 5.74) is 14.1. The lowest BCUT2D eigenvalue weighted by molar-refractivity contribution is 0.839. The minimum Gasteiger partial charge on any atom is -0.132 e. The Morgan fingerprint density at radius 3 is 0.936 bits per heavy atom. The molecule has 4 aromatic carbocycles. The average molecular weight is 669 g/mol. The second-order valence-corrected chi connectivity index (χ2v) is 17.1. The van der Waals surface area contributed by atoms with Crippen LogP contribution >= 0.6 is 34.0 Å². The molecule has 0 aliphatic heterocycles. The Hall–Kier alpha value is -3.50. The van der Waals surface area contributed by atoms with E-state index in [0.29, 0.717) is 23.7 Å². The maximum Gasteiger partial charge on any atom is 0.0642 e. The van der Waals surface area contributed by atoms with Gasteiger partial charge < -0.3 is 0 Å². The van der Waals surface area contributed by atoms with Gasteiger partial charge in [0.05, 0.1) is 18.8 Å². The van der Waals surface area contributed by atoms with Crippen molar-refractivity contribution in [2.24, 2.45) is 0 Å². The third-order valence-electron chi connectivity index (χ3n) is 9.46. The van der Waals surface area contributed by atoms with E-state index in [4.69, 9.17) is 0 Å². The van der Waals surface area contributed by atoms with E-state index in [-0.39, 0.29) is 0 Å². The Morgan fingerprint density at radius 2 is 0.638 bits per heavy atom. The summed E-state index contributed by atoms with van der Waals surface area (Å²) in [6, 6.07) is 36.3. The quantitative estimate of drug-likeness (QED) is 0.151. The van der Waals surface area contributed by atoms with Crippen LogP contribution < -0.4 is 0 Å². The van der Waals surface area contributed by atoms with Crippen LogP contribution in [0.5, 0.6) is 0 Å². The van der Waals surface area contributed by atoms with Gasteiger partial charge >= 0.3 is 0 Å². The van der Waals surface area contributed by atoms with Crippen molar-refractivity contribution in [3.05, 3.63) is 119 Å². The molecule has 7 aromatic rings. The molecule has 7 rings (SSSR count). The molecule has 238 valence electrons. The molecule has 0 atom stereocenters. The van der Waals surface area contributed by atoms with Gasteiger partial charge in [0.1, 0.15) is 0 Å². The highest BCUT2D eigenvalue weighted by Crippen LogP contribution is 2.59. The first-order chi connectivity index (χ1) is 22.7. The summed E-state index contributed by atoms with van der Waals surface area (Å²) in [5, 5.41) is 0. The Kier molecular flexibility index (Phi) is 8.76. The van der Waals surface area contributed by atoms with Gasteiger partial charge in [-0.05, 0) is 68.2 Å². The normalized spacial score (nSPS) is 12.2. The summed E-state index contributed by atoms with van der Waals surface area (Å²) < 4.78 is 5.73. The van der Waals surface area contributed by atoms with Crippen molar-refractivity contribution >= 4 is 52.8 Å². The predicted octanol–water partition coefficient (Wildman–Crippen LogP) is 15.3. The Morgan fingerprint density at radius 1 is 0.319 bits per heavy atom. The third kappa shape index (κ3) is 5.51. The van der Waals surface area contributed by atoms with Crippen LogP contribution in [0, 0.1) is 0 Å². The molecule has 3 heteroatoms. The number of thiophene rings is 3. The molecule has 3 heterocycles. The van der Waals surface area contributed by atoms with Crippen LogP contribution in [-0.4, -0.2) is 0 Å². The molecule has 0 aliphatic carbocycles. The highest BCUT2D eigenvalue weighted by atomic mass is 32.1. The van der Waals surface area contributed by atoms with Gasteiger partial charge in [-0.2, -0.15) is 0 Å². The molecule has 0 bridgehead atoms. The second kappa shape index (κ2) is 12.8. The van der Waals surface area contributed by atoms with E-state index in [9.17, 15) is 0 Å². The van der Waals surface area contributed by atoms with Crippen molar-refractivity contribution in [3.8, 4) is 43.1 Å². The van der Waals surface area contributed by atoms with Gasteiger partial charge in [0.2, 0.25) is 0 Å². The molecule has 0 radical (unpaired) electrons. The number of benzene rings is 4. The fourth-order valence-corrected chi connectivity index (χ4v) is 11.9. The summed E-state index contributed by atoms with van der Waals surface area (Å²) in [4.78, 5) is 2.85. The number of hydrogen-bond acceptors (Lipinski definition) is 3. The van der Waals surface area contributed by atoms with E-state index in [1.165, 1.54) is 84.2 Å². The van der Waals surface area contributed by atoms with Crippen molar-refractivity contribution < 1.29 is 0 Å². The van der Waals surface area contributed by atoms with Crippen LogP contribution in [0.4, 0.5) is 0 Å². The molecule has 0 nitrogen and oxygen atoms in total. The summed E-state index contributed by atoms with van der Waals surface area (Å²) >= 11 is 6.06. The Labute approximate surface area is 292 Å². The molecule has 0 amide bonds. The lowest BCUT2D eigenvalue weighted by Gasteiger charge is -2.20. The topological polar surface area (TPSA) is 0 Å². The highest BCUT2D eigenvalue weighted by Gasteiger charge is 2.29. The molecule has 0 aliphatic rings. The van der Waals surface area contributed by atoms with E-state index >= 15 is 0 Å². The summed E-state index contributed by atoms with van der Waals surface area (Å²) in [6.45, 7) is 18.7. The van der Waals surface area contributed by atoms with E-state index in [2.05, 4.69) is 152 Å². The molecule has 0 saturated heterocycles. The minimum atomic E-state index is 0.437. The number of fused-ring (bicyclic) bond motifs is 3. The van der Waals surface area contributed by atoms with Gasteiger partial charge in [-0.15, -0.1) is 34.0 Å². The van der Waals surface area contributed by atoms with Crippen molar-refractivity contribution in [1.29, 1.82) is 0 Å². The third-order valence-corrected chi connectivity index (χ3v) is 13.5. The largest absolute Gasteiger partial charge is 0.132 e. The SMILES string of the molecule is CC(C)c1cccc(C(C)C)c1-c1sc2c(sc3c(-c4ccccc4)c(-c4c(C(C)C)cccc4C(C)C)sc32)c1-c1ccccc1. The molecule has 0 unspecified atom stereocenters. The maximum absolute atomic E-state index is 2.36. The summed E-state index contributed by atoms with van der Waals surface area (Å²) in [6.07, 6.45) is 0. The van der Waals surface area contributed by atoms with Crippen LogP contribution in [0.3, 0.4) is 0 Å². The van der Waals surface area contributed by atoms with Gasteiger partial charge in [-0.1, -0.05) is 152 Å². The molecule has 0 fully saturated rings. The zero-order valence-corrected chi connectivity index (χ0v) is 31.2. The van der Waals surface area contributed by atoms with Gasteiger partial charge in [0, 0.05) is 20.9 Å². The van der Waals surface area contributed by atoms with E-state index in [1.807, 2.05) is 34.0 Å². The first kappa shape index (κ1) is 32.1.